The van der Waals surface area contributed by atoms with Crippen molar-refractivity contribution < 1.29 is 23.9 Å². The summed E-state index contributed by atoms with van der Waals surface area (Å²) in [6.45, 7) is 2.39. The maximum absolute atomic E-state index is 12.3. The Hall–Kier alpha value is -4.17. The molecule has 2 N–H and O–H groups in total. The van der Waals surface area contributed by atoms with Gasteiger partial charge in [0.1, 0.15) is 11.5 Å². The number of halogens is 1. The fraction of sp³-hybridized carbons (Fsp3) is 0.0833. The number of rotatable bonds is 7. The Morgan fingerprint density at radius 1 is 0.939 bits per heavy atom. The minimum atomic E-state index is -0.962. The van der Waals surface area contributed by atoms with E-state index < -0.39 is 17.8 Å². The van der Waals surface area contributed by atoms with Crippen LogP contribution in [-0.2, 0) is 9.59 Å². The Balaban J connectivity index is 1.58. The van der Waals surface area contributed by atoms with Gasteiger partial charge in [-0.25, -0.2) is 10.2 Å². The molecule has 3 aromatic rings. The van der Waals surface area contributed by atoms with Gasteiger partial charge in [-0.2, -0.15) is 5.10 Å². The van der Waals surface area contributed by atoms with Crippen LogP contribution in [0, 0.1) is 0 Å². The lowest BCUT2D eigenvalue weighted by Crippen LogP contribution is -2.32. The Labute approximate surface area is 195 Å². The van der Waals surface area contributed by atoms with Crippen LogP contribution < -0.4 is 20.2 Å². The molecule has 9 heteroatoms. The molecule has 0 saturated carbocycles. The number of amides is 2. The number of hydrogen-bond donors (Lipinski definition) is 2. The molecule has 0 aliphatic rings. The summed E-state index contributed by atoms with van der Waals surface area (Å²) in [6, 6.07) is 19.5. The van der Waals surface area contributed by atoms with Gasteiger partial charge in [-0.15, -0.1) is 0 Å². The second-order valence-electron chi connectivity index (χ2n) is 6.54. The molecule has 0 saturated heterocycles. The summed E-state index contributed by atoms with van der Waals surface area (Å²) in [7, 11) is 0. The molecule has 168 valence electrons. The third-order valence-corrected chi connectivity index (χ3v) is 4.45. The first-order chi connectivity index (χ1) is 16.0. The summed E-state index contributed by atoms with van der Waals surface area (Å²) >= 11 is 5.83. The first kappa shape index (κ1) is 23.5. The van der Waals surface area contributed by atoms with E-state index in [4.69, 9.17) is 21.1 Å². The highest BCUT2D eigenvalue weighted by molar-refractivity contribution is 6.39. The number of esters is 1. The molecule has 0 aliphatic carbocycles. The number of nitrogens with one attached hydrogen (secondary N) is 2. The number of anilines is 1. The number of para-hydroxylation sites is 1. The van der Waals surface area contributed by atoms with Gasteiger partial charge in [-0.3, -0.25) is 9.59 Å². The van der Waals surface area contributed by atoms with Crippen LogP contribution in [-0.4, -0.2) is 30.6 Å². The third kappa shape index (κ3) is 6.91. The number of benzene rings is 3. The van der Waals surface area contributed by atoms with Crippen LogP contribution in [0.4, 0.5) is 5.69 Å². The van der Waals surface area contributed by atoms with Crippen LogP contribution in [0.5, 0.6) is 11.5 Å². The van der Waals surface area contributed by atoms with E-state index in [0.29, 0.717) is 34.2 Å². The van der Waals surface area contributed by atoms with Crippen molar-refractivity contribution in [1.29, 1.82) is 0 Å². The summed E-state index contributed by atoms with van der Waals surface area (Å²) in [4.78, 5) is 36.4. The summed E-state index contributed by atoms with van der Waals surface area (Å²) in [5.41, 5.74) is 3.32. The molecular weight excluding hydrogens is 446 g/mol. The minimum Gasteiger partial charge on any atom is -0.494 e. The Morgan fingerprint density at radius 2 is 1.64 bits per heavy atom. The highest BCUT2D eigenvalue weighted by Gasteiger charge is 2.14. The van der Waals surface area contributed by atoms with Gasteiger partial charge in [-0.05, 0) is 67.6 Å². The average molecular weight is 466 g/mol. The number of hydrazone groups is 1. The van der Waals surface area contributed by atoms with Crippen molar-refractivity contribution in [2.75, 3.05) is 11.9 Å². The van der Waals surface area contributed by atoms with E-state index in [-0.39, 0.29) is 5.75 Å². The van der Waals surface area contributed by atoms with Gasteiger partial charge in [0, 0.05) is 16.3 Å². The summed E-state index contributed by atoms with van der Waals surface area (Å²) in [5.74, 6) is -1.55. The van der Waals surface area contributed by atoms with Crippen LogP contribution in [0.1, 0.15) is 22.8 Å². The maximum atomic E-state index is 12.3. The lowest BCUT2D eigenvalue weighted by atomic mass is 10.2. The molecule has 0 aromatic heterocycles. The van der Waals surface area contributed by atoms with Crippen LogP contribution >= 0.6 is 11.6 Å². The van der Waals surface area contributed by atoms with Gasteiger partial charge >= 0.3 is 17.8 Å². The number of carbonyl (C=O) groups excluding carboxylic acids is 3. The van der Waals surface area contributed by atoms with E-state index in [9.17, 15) is 14.4 Å². The van der Waals surface area contributed by atoms with Crippen LogP contribution in [0.2, 0.25) is 5.02 Å². The van der Waals surface area contributed by atoms with Crippen molar-refractivity contribution in [2.24, 2.45) is 5.10 Å². The van der Waals surface area contributed by atoms with Crippen LogP contribution in [0.15, 0.2) is 77.9 Å². The van der Waals surface area contributed by atoms with Gasteiger partial charge in [0.05, 0.1) is 18.4 Å². The fourth-order valence-electron chi connectivity index (χ4n) is 2.63. The number of nitrogens with zero attached hydrogens (tertiary/aromatic N) is 1. The zero-order chi connectivity index (χ0) is 23.6. The van der Waals surface area contributed by atoms with Crippen LogP contribution in [0.25, 0.3) is 0 Å². The lowest BCUT2D eigenvalue weighted by molar-refractivity contribution is -0.136. The number of hydrogen-bond acceptors (Lipinski definition) is 6. The molecule has 2 amide bonds. The highest BCUT2D eigenvalue weighted by atomic mass is 35.5. The normalized spacial score (nSPS) is 10.5. The van der Waals surface area contributed by atoms with Gasteiger partial charge < -0.3 is 14.8 Å². The van der Waals surface area contributed by atoms with Gasteiger partial charge in [0.25, 0.3) is 0 Å². The monoisotopic (exact) mass is 465 g/mol. The molecule has 0 atom stereocenters. The largest absolute Gasteiger partial charge is 0.494 e. The number of ether oxygens (including phenoxy) is 2. The van der Waals surface area contributed by atoms with Gasteiger partial charge in [0.15, 0.2) is 0 Å². The maximum Gasteiger partial charge on any atom is 0.343 e. The zero-order valence-electron chi connectivity index (χ0n) is 17.6. The number of carbonyl (C=O) groups is 3. The van der Waals surface area contributed by atoms with Crippen molar-refractivity contribution in [1.82, 2.24) is 5.43 Å². The standard InChI is InChI=1S/C24H20ClN3O5/c1-2-32-20-13-11-19(12-14-20)27-22(29)23(30)28-26-15-17-5-3-4-6-21(17)33-24(31)16-7-9-18(25)10-8-16/h3-15H,2H2,1H3,(H,27,29)(H,28,30)/b26-15-. The van der Waals surface area contributed by atoms with Gasteiger partial charge in [-0.1, -0.05) is 23.7 Å². The van der Waals surface area contributed by atoms with E-state index in [1.165, 1.54) is 6.21 Å². The van der Waals surface area contributed by atoms with E-state index >= 15 is 0 Å². The molecule has 33 heavy (non-hydrogen) atoms. The molecule has 0 bridgehead atoms. The first-order valence-corrected chi connectivity index (χ1v) is 10.3. The molecule has 8 nitrogen and oxygen atoms in total. The molecular formula is C24H20ClN3O5. The molecule has 3 rings (SSSR count). The van der Waals surface area contributed by atoms with Crippen molar-refractivity contribution >= 4 is 41.3 Å². The van der Waals surface area contributed by atoms with Crippen molar-refractivity contribution in [3.63, 3.8) is 0 Å². The third-order valence-electron chi connectivity index (χ3n) is 4.20. The van der Waals surface area contributed by atoms with E-state index in [1.54, 1.807) is 72.8 Å². The van der Waals surface area contributed by atoms with Crippen molar-refractivity contribution in [2.45, 2.75) is 6.92 Å². The zero-order valence-corrected chi connectivity index (χ0v) is 18.3. The molecule has 0 heterocycles. The summed E-state index contributed by atoms with van der Waals surface area (Å²) < 4.78 is 10.7. The predicted octanol–water partition coefficient (Wildman–Crippen LogP) is 4.05. The predicted molar refractivity (Wildman–Crippen MR) is 125 cm³/mol. The lowest BCUT2D eigenvalue weighted by Gasteiger charge is -2.08. The second kappa shape index (κ2) is 11.4. The Morgan fingerprint density at radius 3 is 2.33 bits per heavy atom. The topological polar surface area (TPSA) is 106 Å². The van der Waals surface area contributed by atoms with E-state index in [2.05, 4.69) is 15.8 Å². The smallest absolute Gasteiger partial charge is 0.343 e. The SMILES string of the molecule is CCOc1ccc(NC(=O)C(=O)N/N=C\c2ccccc2OC(=O)c2ccc(Cl)cc2)cc1. The Kier molecular flexibility index (Phi) is 8.15. The molecule has 0 radical (unpaired) electrons. The average Bonchev–Trinajstić information content (AvgIpc) is 2.82. The van der Waals surface area contributed by atoms with E-state index in [0.717, 1.165) is 0 Å². The molecule has 0 unspecified atom stereocenters. The van der Waals surface area contributed by atoms with Crippen molar-refractivity contribution in [3.05, 3.63) is 88.9 Å². The molecule has 0 spiro atoms. The first-order valence-electron chi connectivity index (χ1n) is 9.90. The Bertz CT molecular complexity index is 1160. The summed E-state index contributed by atoms with van der Waals surface area (Å²) in [5, 5.41) is 6.74. The minimum absolute atomic E-state index is 0.231. The second-order valence-corrected chi connectivity index (χ2v) is 6.98. The van der Waals surface area contributed by atoms with Crippen LogP contribution in [0.3, 0.4) is 0 Å². The van der Waals surface area contributed by atoms with Gasteiger partial charge in [0.2, 0.25) is 0 Å². The quantitative estimate of drug-likeness (QED) is 0.180. The molecule has 3 aromatic carbocycles. The molecule has 0 aliphatic heterocycles. The highest BCUT2D eigenvalue weighted by Crippen LogP contribution is 2.19. The fourth-order valence-corrected chi connectivity index (χ4v) is 2.75. The van der Waals surface area contributed by atoms with E-state index in [1.807, 2.05) is 6.92 Å². The van der Waals surface area contributed by atoms with Crippen molar-refractivity contribution in [3.8, 4) is 11.5 Å². The summed E-state index contributed by atoms with van der Waals surface area (Å²) in [6.07, 6.45) is 1.27. The molecule has 0 fully saturated rings.